The summed E-state index contributed by atoms with van der Waals surface area (Å²) >= 11 is 6.65. The Morgan fingerprint density at radius 2 is 2.17 bits per heavy atom. The molecule has 3 nitrogen and oxygen atoms in total. The maximum Gasteiger partial charge on any atom is 0.264 e. The van der Waals surface area contributed by atoms with Crippen molar-refractivity contribution < 1.29 is 4.79 Å². The van der Waals surface area contributed by atoms with Crippen LogP contribution in [0.4, 0.5) is 5.13 Å². The summed E-state index contributed by atoms with van der Waals surface area (Å²) in [5.41, 5.74) is 0.698. The standard InChI is InChI=1S/C7H9ClN2OS/c1-4-5(6(8)11)12-7(9-4)10(2)3/h1-3H3. The molecular weight excluding hydrogens is 196 g/mol. The number of rotatable bonds is 2. The first-order valence-electron chi connectivity index (χ1n) is 3.37. The van der Waals surface area contributed by atoms with Gasteiger partial charge in [-0.05, 0) is 18.5 Å². The second-order valence-corrected chi connectivity index (χ2v) is 3.90. The monoisotopic (exact) mass is 204 g/mol. The summed E-state index contributed by atoms with van der Waals surface area (Å²) in [5.74, 6) is 0. The van der Waals surface area contributed by atoms with E-state index in [1.807, 2.05) is 19.0 Å². The number of carbonyl (C=O) groups excluding carboxylic acids is 1. The Bertz CT molecular complexity index is 308. The van der Waals surface area contributed by atoms with E-state index in [0.717, 1.165) is 5.13 Å². The molecule has 0 aliphatic rings. The van der Waals surface area contributed by atoms with Gasteiger partial charge in [-0.25, -0.2) is 4.98 Å². The maximum atomic E-state index is 10.8. The normalized spacial score (nSPS) is 10.0. The van der Waals surface area contributed by atoms with Crippen molar-refractivity contribution >= 4 is 33.3 Å². The zero-order valence-electron chi connectivity index (χ0n) is 7.09. The fraction of sp³-hybridized carbons (Fsp3) is 0.429. The molecular formula is C7H9ClN2OS. The molecule has 0 fully saturated rings. The molecule has 1 aromatic rings. The molecule has 1 rings (SSSR count). The second-order valence-electron chi connectivity index (χ2n) is 2.58. The molecule has 0 saturated heterocycles. The van der Waals surface area contributed by atoms with Crippen LogP contribution in [0.3, 0.4) is 0 Å². The lowest BCUT2D eigenvalue weighted by atomic mass is 10.4. The molecule has 5 heteroatoms. The van der Waals surface area contributed by atoms with Crippen molar-refractivity contribution in [2.45, 2.75) is 6.92 Å². The van der Waals surface area contributed by atoms with Crippen molar-refractivity contribution in [3.8, 4) is 0 Å². The minimum atomic E-state index is -0.432. The van der Waals surface area contributed by atoms with Crippen LogP contribution >= 0.6 is 22.9 Å². The number of halogens is 1. The van der Waals surface area contributed by atoms with Gasteiger partial charge in [-0.1, -0.05) is 11.3 Å². The minimum Gasteiger partial charge on any atom is -0.354 e. The highest BCUT2D eigenvalue weighted by Gasteiger charge is 2.13. The first kappa shape index (κ1) is 9.48. The number of nitrogens with zero attached hydrogens (tertiary/aromatic N) is 2. The van der Waals surface area contributed by atoms with Gasteiger partial charge in [-0.2, -0.15) is 0 Å². The summed E-state index contributed by atoms with van der Waals surface area (Å²) in [5, 5.41) is 0.370. The van der Waals surface area contributed by atoms with Gasteiger partial charge in [0.05, 0.1) is 5.69 Å². The number of aromatic nitrogens is 1. The van der Waals surface area contributed by atoms with Crippen LogP contribution in [0.15, 0.2) is 0 Å². The molecule has 0 aliphatic carbocycles. The van der Waals surface area contributed by atoms with E-state index in [1.165, 1.54) is 11.3 Å². The molecule has 66 valence electrons. The van der Waals surface area contributed by atoms with Crippen molar-refractivity contribution in [3.63, 3.8) is 0 Å². The highest BCUT2D eigenvalue weighted by molar-refractivity contribution is 7.19. The van der Waals surface area contributed by atoms with Crippen LogP contribution in [-0.2, 0) is 0 Å². The number of aryl methyl sites for hydroxylation is 1. The van der Waals surface area contributed by atoms with E-state index in [0.29, 0.717) is 10.6 Å². The largest absolute Gasteiger partial charge is 0.354 e. The van der Waals surface area contributed by atoms with Gasteiger partial charge >= 0.3 is 0 Å². The van der Waals surface area contributed by atoms with E-state index >= 15 is 0 Å². The predicted octanol–water partition coefficient (Wildman–Crippen LogP) is 1.90. The van der Waals surface area contributed by atoms with Gasteiger partial charge in [0.2, 0.25) is 0 Å². The zero-order valence-corrected chi connectivity index (χ0v) is 8.66. The van der Waals surface area contributed by atoms with E-state index < -0.39 is 5.24 Å². The van der Waals surface area contributed by atoms with Crippen LogP contribution in [-0.4, -0.2) is 24.3 Å². The van der Waals surface area contributed by atoms with Crippen LogP contribution < -0.4 is 4.90 Å². The number of hydrogen-bond acceptors (Lipinski definition) is 4. The summed E-state index contributed by atoms with van der Waals surface area (Å²) in [7, 11) is 3.75. The minimum absolute atomic E-state index is 0.432. The third-order valence-corrected chi connectivity index (χ3v) is 2.97. The molecule has 0 aliphatic heterocycles. The fourth-order valence-electron chi connectivity index (χ4n) is 0.756. The third-order valence-electron chi connectivity index (χ3n) is 1.35. The average Bonchev–Trinajstić information content (AvgIpc) is 2.30. The van der Waals surface area contributed by atoms with Gasteiger partial charge in [-0.3, -0.25) is 4.79 Å². The summed E-state index contributed by atoms with van der Waals surface area (Å²) in [6, 6.07) is 0. The van der Waals surface area contributed by atoms with Crippen LogP contribution in [0.5, 0.6) is 0 Å². The molecule has 0 bridgehead atoms. The Morgan fingerprint density at radius 1 is 1.58 bits per heavy atom. The molecule has 0 spiro atoms. The van der Waals surface area contributed by atoms with Crippen molar-refractivity contribution in [2.75, 3.05) is 19.0 Å². The predicted molar refractivity (Wildman–Crippen MR) is 51.4 cm³/mol. The quantitative estimate of drug-likeness (QED) is 0.690. The Kier molecular flexibility index (Phi) is 2.69. The molecule has 0 atom stereocenters. The summed E-state index contributed by atoms with van der Waals surface area (Å²) < 4.78 is 0. The number of carbonyl (C=O) groups is 1. The molecule has 0 N–H and O–H groups in total. The SMILES string of the molecule is Cc1nc(N(C)C)sc1C(=O)Cl. The van der Waals surface area contributed by atoms with Gasteiger partial charge in [0, 0.05) is 14.1 Å². The highest BCUT2D eigenvalue weighted by Crippen LogP contribution is 2.25. The Balaban J connectivity index is 3.09. The Hall–Kier alpha value is -0.610. The van der Waals surface area contributed by atoms with E-state index in [9.17, 15) is 4.79 Å². The number of anilines is 1. The van der Waals surface area contributed by atoms with Crippen molar-refractivity contribution in [2.24, 2.45) is 0 Å². The molecule has 12 heavy (non-hydrogen) atoms. The van der Waals surface area contributed by atoms with Crippen LogP contribution in [0.2, 0.25) is 0 Å². The van der Waals surface area contributed by atoms with Gasteiger partial charge in [0.25, 0.3) is 5.24 Å². The molecule has 0 aromatic carbocycles. The van der Waals surface area contributed by atoms with Crippen LogP contribution in [0.1, 0.15) is 15.4 Å². The van der Waals surface area contributed by atoms with E-state index in [1.54, 1.807) is 6.92 Å². The lowest BCUT2D eigenvalue weighted by Crippen LogP contribution is -2.07. The lowest BCUT2D eigenvalue weighted by molar-refractivity contribution is 0.108. The van der Waals surface area contributed by atoms with E-state index in [-0.39, 0.29) is 0 Å². The number of hydrogen-bond donors (Lipinski definition) is 0. The first-order valence-corrected chi connectivity index (χ1v) is 4.56. The lowest BCUT2D eigenvalue weighted by Gasteiger charge is -2.04. The zero-order chi connectivity index (χ0) is 9.30. The summed E-state index contributed by atoms with van der Waals surface area (Å²) in [4.78, 5) is 17.4. The smallest absolute Gasteiger partial charge is 0.264 e. The maximum absolute atomic E-state index is 10.8. The molecule has 0 unspecified atom stereocenters. The van der Waals surface area contributed by atoms with E-state index in [4.69, 9.17) is 11.6 Å². The van der Waals surface area contributed by atoms with Crippen LogP contribution in [0, 0.1) is 6.92 Å². The van der Waals surface area contributed by atoms with Crippen molar-refractivity contribution in [3.05, 3.63) is 10.6 Å². The molecule has 1 heterocycles. The number of thiazole rings is 1. The molecule has 0 amide bonds. The molecule has 0 saturated carbocycles. The van der Waals surface area contributed by atoms with Gasteiger partial charge in [0.1, 0.15) is 4.88 Å². The topological polar surface area (TPSA) is 33.2 Å². The summed E-state index contributed by atoms with van der Waals surface area (Å²) in [6.45, 7) is 1.78. The first-order chi connectivity index (χ1) is 5.52. The Labute approximate surface area is 80.0 Å². The van der Waals surface area contributed by atoms with Gasteiger partial charge in [-0.15, -0.1) is 0 Å². The average molecular weight is 205 g/mol. The molecule has 1 aromatic heterocycles. The summed E-state index contributed by atoms with van der Waals surface area (Å²) in [6.07, 6.45) is 0. The fourth-order valence-corrected chi connectivity index (χ4v) is 1.83. The molecule has 0 radical (unpaired) electrons. The van der Waals surface area contributed by atoms with Crippen LogP contribution in [0.25, 0.3) is 0 Å². The van der Waals surface area contributed by atoms with Crippen molar-refractivity contribution in [1.29, 1.82) is 0 Å². The van der Waals surface area contributed by atoms with E-state index in [2.05, 4.69) is 4.98 Å². The van der Waals surface area contributed by atoms with Crippen molar-refractivity contribution in [1.82, 2.24) is 4.98 Å². The van der Waals surface area contributed by atoms with Gasteiger partial charge in [0.15, 0.2) is 5.13 Å². The Morgan fingerprint density at radius 3 is 2.42 bits per heavy atom. The second kappa shape index (κ2) is 3.41. The highest BCUT2D eigenvalue weighted by atomic mass is 35.5. The van der Waals surface area contributed by atoms with Gasteiger partial charge < -0.3 is 4.90 Å². The third kappa shape index (κ3) is 1.76.